The first-order valence-electron chi connectivity index (χ1n) is 8.47. The van der Waals surface area contributed by atoms with Gasteiger partial charge in [-0.1, -0.05) is 30.3 Å². The predicted molar refractivity (Wildman–Crippen MR) is 86.9 cm³/mol. The molecule has 0 radical (unpaired) electrons. The van der Waals surface area contributed by atoms with Crippen LogP contribution in [0.4, 0.5) is 0 Å². The lowest BCUT2D eigenvalue weighted by molar-refractivity contribution is -0.152. The summed E-state index contributed by atoms with van der Waals surface area (Å²) in [5.41, 5.74) is 0.639. The molecule has 0 amide bonds. The van der Waals surface area contributed by atoms with Crippen molar-refractivity contribution in [2.75, 3.05) is 39.3 Å². The summed E-state index contributed by atoms with van der Waals surface area (Å²) in [6.45, 7) is 5.42. The number of piperidine rings is 1. The van der Waals surface area contributed by atoms with E-state index < -0.39 is 5.41 Å². The zero-order chi connectivity index (χ0) is 15.3. The average Bonchev–Trinajstić information content (AvgIpc) is 3.09. The Morgan fingerprint density at radius 2 is 1.82 bits per heavy atom. The van der Waals surface area contributed by atoms with Gasteiger partial charge in [0.15, 0.2) is 0 Å². The van der Waals surface area contributed by atoms with E-state index in [0.717, 1.165) is 51.1 Å². The second kappa shape index (κ2) is 7.25. The normalized spacial score (nSPS) is 21.6. The zero-order valence-electron chi connectivity index (χ0n) is 13.2. The Hall–Kier alpha value is -1.39. The molecule has 2 fully saturated rings. The highest BCUT2D eigenvalue weighted by molar-refractivity contribution is 5.83. The van der Waals surface area contributed by atoms with Gasteiger partial charge >= 0.3 is 5.97 Å². The molecule has 2 heterocycles. The maximum atomic E-state index is 12.8. The van der Waals surface area contributed by atoms with E-state index in [1.54, 1.807) is 0 Å². The molecule has 0 unspecified atom stereocenters. The van der Waals surface area contributed by atoms with Gasteiger partial charge in [-0.3, -0.25) is 9.69 Å². The fourth-order valence-electron chi connectivity index (χ4n) is 3.63. The van der Waals surface area contributed by atoms with Crippen LogP contribution >= 0.6 is 0 Å². The highest BCUT2D eigenvalue weighted by Crippen LogP contribution is 2.34. The Balaban J connectivity index is 1.65. The second-order valence-electron chi connectivity index (χ2n) is 6.38. The number of benzene rings is 1. The lowest BCUT2D eigenvalue weighted by Crippen LogP contribution is -2.47. The lowest BCUT2D eigenvalue weighted by atomic mass is 9.73. The largest absolute Gasteiger partial charge is 0.464 e. The SMILES string of the molecule is O=C(OCCN1CCCC1)C1(c2ccccc2)CCNCC1. The van der Waals surface area contributed by atoms with Gasteiger partial charge in [-0.05, 0) is 57.4 Å². The van der Waals surface area contributed by atoms with E-state index >= 15 is 0 Å². The van der Waals surface area contributed by atoms with Crippen molar-refractivity contribution < 1.29 is 9.53 Å². The number of nitrogens with zero attached hydrogens (tertiary/aromatic N) is 1. The van der Waals surface area contributed by atoms with Gasteiger partial charge in [0.05, 0.1) is 5.41 Å². The summed E-state index contributed by atoms with van der Waals surface area (Å²) in [7, 11) is 0. The summed E-state index contributed by atoms with van der Waals surface area (Å²) in [5, 5.41) is 3.35. The van der Waals surface area contributed by atoms with E-state index in [1.807, 2.05) is 18.2 Å². The molecule has 1 aromatic rings. The van der Waals surface area contributed by atoms with Crippen LogP contribution in [-0.2, 0) is 14.9 Å². The minimum absolute atomic E-state index is 0.0422. The summed E-state index contributed by atoms with van der Waals surface area (Å²) in [6.07, 6.45) is 4.18. The van der Waals surface area contributed by atoms with Crippen LogP contribution < -0.4 is 5.32 Å². The molecule has 1 aromatic carbocycles. The van der Waals surface area contributed by atoms with Crippen LogP contribution in [-0.4, -0.2) is 50.2 Å². The molecule has 4 nitrogen and oxygen atoms in total. The van der Waals surface area contributed by atoms with Crippen LogP contribution in [0.15, 0.2) is 30.3 Å². The van der Waals surface area contributed by atoms with Crippen molar-refractivity contribution in [3.63, 3.8) is 0 Å². The predicted octanol–water partition coefficient (Wildman–Crippen LogP) is 1.95. The molecule has 0 aromatic heterocycles. The topological polar surface area (TPSA) is 41.6 Å². The van der Waals surface area contributed by atoms with Crippen LogP contribution in [0.3, 0.4) is 0 Å². The number of hydrogen-bond acceptors (Lipinski definition) is 4. The van der Waals surface area contributed by atoms with Crippen LogP contribution in [0, 0.1) is 0 Å². The molecule has 4 heteroatoms. The molecule has 0 saturated carbocycles. The van der Waals surface area contributed by atoms with Crippen molar-refractivity contribution in [3.8, 4) is 0 Å². The molecule has 2 aliphatic rings. The van der Waals surface area contributed by atoms with E-state index in [4.69, 9.17) is 4.74 Å². The van der Waals surface area contributed by atoms with Crippen molar-refractivity contribution in [2.24, 2.45) is 0 Å². The summed E-state index contributed by atoms with van der Waals surface area (Å²) in [6, 6.07) is 10.1. The molecule has 3 rings (SSSR count). The Morgan fingerprint density at radius 3 is 2.50 bits per heavy atom. The fraction of sp³-hybridized carbons (Fsp3) is 0.611. The van der Waals surface area contributed by atoms with Gasteiger partial charge in [-0.25, -0.2) is 0 Å². The lowest BCUT2D eigenvalue weighted by Gasteiger charge is -2.36. The van der Waals surface area contributed by atoms with E-state index in [2.05, 4.69) is 22.3 Å². The van der Waals surface area contributed by atoms with Crippen LogP contribution in [0.1, 0.15) is 31.2 Å². The number of nitrogens with one attached hydrogen (secondary N) is 1. The first-order valence-corrected chi connectivity index (χ1v) is 8.47. The number of carbonyl (C=O) groups excluding carboxylic acids is 1. The standard InChI is InChI=1S/C18H26N2O2/c21-17(22-15-14-20-12-4-5-13-20)18(8-10-19-11-9-18)16-6-2-1-3-7-16/h1-3,6-7,19H,4-5,8-15H2. The third-order valence-electron chi connectivity index (χ3n) is 5.01. The van der Waals surface area contributed by atoms with Crippen LogP contribution in [0.25, 0.3) is 0 Å². The molecule has 120 valence electrons. The van der Waals surface area contributed by atoms with E-state index in [9.17, 15) is 4.79 Å². The van der Waals surface area contributed by atoms with Crippen LogP contribution in [0.2, 0.25) is 0 Å². The summed E-state index contributed by atoms with van der Waals surface area (Å²) < 4.78 is 5.69. The Labute approximate surface area is 132 Å². The first kappa shape index (κ1) is 15.5. The zero-order valence-corrected chi connectivity index (χ0v) is 13.2. The molecule has 1 N–H and O–H groups in total. The quantitative estimate of drug-likeness (QED) is 0.844. The minimum Gasteiger partial charge on any atom is -0.464 e. The molecule has 2 aliphatic heterocycles. The Morgan fingerprint density at radius 1 is 1.14 bits per heavy atom. The maximum absolute atomic E-state index is 12.8. The number of esters is 1. The van der Waals surface area contributed by atoms with Gasteiger partial charge in [-0.2, -0.15) is 0 Å². The molecule has 0 bridgehead atoms. The number of carbonyl (C=O) groups is 1. The number of ether oxygens (including phenoxy) is 1. The maximum Gasteiger partial charge on any atom is 0.316 e. The fourth-order valence-corrected chi connectivity index (χ4v) is 3.63. The van der Waals surface area contributed by atoms with Gasteiger partial charge in [0, 0.05) is 6.54 Å². The molecular formula is C18H26N2O2. The highest BCUT2D eigenvalue weighted by Gasteiger charge is 2.42. The molecule has 2 saturated heterocycles. The van der Waals surface area contributed by atoms with Crippen molar-refractivity contribution >= 4 is 5.97 Å². The number of hydrogen-bond donors (Lipinski definition) is 1. The average molecular weight is 302 g/mol. The third kappa shape index (κ3) is 3.33. The van der Waals surface area contributed by atoms with Gasteiger partial charge < -0.3 is 10.1 Å². The molecule has 0 atom stereocenters. The van der Waals surface area contributed by atoms with Crippen LogP contribution in [0.5, 0.6) is 0 Å². The highest BCUT2D eigenvalue weighted by atomic mass is 16.5. The molecule has 0 aliphatic carbocycles. The van der Waals surface area contributed by atoms with Crippen molar-refractivity contribution in [2.45, 2.75) is 31.1 Å². The molecule has 0 spiro atoms. The monoisotopic (exact) mass is 302 g/mol. The first-order chi connectivity index (χ1) is 10.8. The molecule has 22 heavy (non-hydrogen) atoms. The molecular weight excluding hydrogens is 276 g/mol. The van der Waals surface area contributed by atoms with Gasteiger partial charge in [0.1, 0.15) is 6.61 Å². The summed E-state index contributed by atoms with van der Waals surface area (Å²) in [4.78, 5) is 15.2. The van der Waals surface area contributed by atoms with Gasteiger partial charge in [0.2, 0.25) is 0 Å². The van der Waals surface area contributed by atoms with Gasteiger partial charge in [-0.15, -0.1) is 0 Å². The third-order valence-corrected chi connectivity index (χ3v) is 5.01. The van der Waals surface area contributed by atoms with Crippen molar-refractivity contribution in [1.29, 1.82) is 0 Å². The minimum atomic E-state index is -0.461. The Bertz CT molecular complexity index is 477. The van der Waals surface area contributed by atoms with Crippen molar-refractivity contribution in [3.05, 3.63) is 35.9 Å². The number of likely N-dealkylation sites (tertiary alicyclic amines) is 1. The summed E-state index contributed by atoms with van der Waals surface area (Å²) >= 11 is 0. The van der Waals surface area contributed by atoms with E-state index in [-0.39, 0.29) is 5.97 Å². The Kier molecular flexibility index (Phi) is 5.11. The number of rotatable bonds is 5. The summed E-state index contributed by atoms with van der Waals surface area (Å²) in [5.74, 6) is -0.0422. The van der Waals surface area contributed by atoms with Crippen molar-refractivity contribution in [1.82, 2.24) is 10.2 Å². The van der Waals surface area contributed by atoms with E-state index in [1.165, 1.54) is 12.8 Å². The smallest absolute Gasteiger partial charge is 0.316 e. The van der Waals surface area contributed by atoms with E-state index in [0.29, 0.717) is 6.61 Å². The van der Waals surface area contributed by atoms with Gasteiger partial charge in [0.25, 0.3) is 0 Å². The second-order valence-corrected chi connectivity index (χ2v) is 6.38.